The summed E-state index contributed by atoms with van der Waals surface area (Å²) in [5.41, 5.74) is 1.78. The molecule has 25 heavy (non-hydrogen) atoms. The normalized spacial score (nSPS) is 24.4. The molecule has 0 N–H and O–H groups in total. The van der Waals surface area contributed by atoms with Crippen molar-refractivity contribution < 1.29 is 19.1 Å². The van der Waals surface area contributed by atoms with Gasteiger partial charge in [-0.2, -0.15) is 0 Å². The number of likely N-dealkylation sites (N-methyl/N-ethyl adjacent to an activating group) is 1. The Morgan fingerprint density at radius 1 is 1.08 bits per heavy atom. The van der Waals surface area contributed by atoms with Crippen molar-refractivity contribution >= 4 is 40.1 Å². The Labute approximate surface area is 149 Å². The number of anilines is 1. The lowest BCUT2D eigenvalue weighted by Gasteiger charge is -2.29. The number of para-hydroxylation sites is 1. The van der Waals surface area contributed by atoms with Crippen LogP contribution in [0.4, 0.5) is 10.5 Å². The first-order chi connectivity index (χ1) is 12.1. The first kappa shape index (κ1) is 16.3. The Morgan fingerprint density at radius 2 is 1.80 bits per heavy atom. The van der Waals surface area contributed by atoms with Crippen molar-refractivity contribution in [1.29, 1.82) is 0 Å². The van der Waals surface area contributed by atoms with Crippen LogP contribution in [0.15, 0.2) is 29.2 Å². The van der Waals surface area contributed by atoms with Gasteiger partial charge >= 0.3 is 0 Å². The van der Waals surface area contributed by atoms with Gasteiger partial charge in [0.25, 0.3) is 17.1 Å². The minimum absolute atomic E-state index is 0.222. The van der Waals surface area contributed by atoms with E-state index in [1.165, 1.54) is 9.80 Å². The molecule has 130 valence electrons. The van der Waals surface area contributed by atoms with Crippen molar-refractivity contribution in [3.8, 4) is 0 Å². The molecule has 2 saturated heterocycles. The van der Waals surface area contributed by atoms with Gasteiger partial charge in [-0.25, -0.2) is 0 Å². The van der Waals surface area contributed by atoms with Gasteiger partial charge in [0, 0.05) is 25.7 Å². The standard InChI is InChI=1S/C17H17N3O4S/c1-18-12-5-3-2-4-11(12)13(15(18)21)14-16(22)20(17(23)25-14)10-19-6-8-24-9-7-19/h2-5H,6-10H2,1H3. The second-order valence-electron chi connectivity index (χ2n) is 6.06. The van der Waals surface area contributed by atoms with E-state index in [9.17, 15) is 14.4 Å². The van der Waals surface area contributed by atoms with Gasteiger partial charge in [-0.3, -0.25) is 24.2 Å². The Hall–Kier alpha value is -2.16. The van der Waals surface area contributed by atoms with Gasteiger partial charge in [0.1, 0.15) is 0 Å². The SMILES string of the molecule is CN1C(=O)C(=C2SC(=O)N(CN3CCOCC3)C2=O)c2ccccc21. The number of ether oxygens (including phenoxy) is 1. The van der Waals surface area contributed by atoms with Crippen LogP contribution in [0.5, 0.6) is 0 Å². The van der Waals surface area contributed by atoms with E-state index in [4.69, 9.17) is 4.74 Å². The molecule has 0 saturated carbocycles. The molecule has 4 rings (SSSR count). The summed E-state index contributed by atoms with van der Waals surface area (Å²) >= 11 is 0.849. The number of benzene rings is 1. The number of nitrogens with zero attached hydrogens (tertiary/aromatic N) is 3. The maximum atomic E-state index is 12.8. The van der Waals surface area contributed by atoms with Gasteiger partial charge in [-0.15, -0.1) is 0 Å². The highest BCUT2D eigenvalue weighted by molar-refractivity contribution is 8.18. The number of hydrogen-bond donors (Lipinski definition) is 0. The molecule has 0 radical (unpaired) electrons. The number of rotatable bonds is 2. The van der Waals surface area contributed by atoms with Crippen LogP contribution in [0.1, 0.15) is 5.56 Å². The van der Waals surface area contributed by atoms with Gasteiger partial charge in [0.05, 0.1) is 36.0 Å². The molecule has 0 aromatic heterocycles. The van der Waals surface area contributed by atoms with Crippen molar-refractivity contribution in [3.05, 3.63) is 34.7 Å². The first-order valence-corrected chi connectivity index (χ1v) is 8.85. The van der Waals surface area contributed by atoms with E-state index in [0.717, 1.165) is 17.4 Å². The van der Waals surface area contributed by atoms with Crippen molar-refractivity contribution in [3.63, 3.8) is 0 Å². The minimum Gasteiger partial charge on any atom is -0.379 e. The summed E-state index contributed by atoms with van der Waals surface area (Å²) < 4.78 is 5.29. The van der Waals surface area contributed by atoms with Gasteiger partial charge in [0.15, 0.2) is 0 Å². The number of fused-ring (bicyclic) bond motifs is 1. The quantitative estimate of drug-likeness (QED) is 0.743. The molecular weight excluding hydrogens is 342 g/mol. The third kappa shape index (κ3) is 2.66. The molecule has 3 aliphatic rings. The van der Waals surface area contributed by atoms with E-state index < -0.39 is 5.91 Å². The highest BCUT2D eigenvalue weighted by atomic mass is 32.2. The molecular formula is C17H17N3O4S. The zero-order chi connectivity index (χ0) is 17.6. The van der Waals surface area contributed by atoms with Gasteiger partial charge < -0.3 is 9.64 Å². The lowest BCUT2D eigenvalue weighted by molar-refractivity contribution is -0.125. The molecule has 8 heteroatoms. The van der Waals surface area contributed by atoms with E-state index in [1.54, 1.807) is 7.05 Å². The molecule has 0 unspecified atom stereocenters. The average Bonchev–Trinajstić information content (AvgIpc) is 3.04. The summed E-state index contributed by atoms with van der Waals surface area (Å²) in [5, 5.41) is -0.334. The van der Waals surface area contributed by atoms with Gasteiger partial charge in [-0.05, 0) is 17.8 Å². The fraction of sp³-hybridized carbons (Fsp3) is 0.353. The summed E-state index contributed by atoms with van der Waals surface area (Å²) in [6.07, 6.45) is 0. The maximum absolute atomic E-state index is 12.8. The van der Waals surface area contributed by atoms with Crippen molar-refractivity contribution in [2.45, 2.75) is 0 Å². The first-order valence-electron chi connectivity index (χ1n) is 8.03. The molecule has 0 spiro atoms. The van der Waals surface area contributed by atoms with E-state index in [0.29, 0.717) is 37.4 Å². The number of imide groups is 1. The van der Waals surface area contributed by atoms with Gasteiger partial charge in [-0.1, -0.05) is 18.2 Å². The zero-order valence-corrected chi connectivity index (χ0v) is 14.5. The zero-order valence-electron chi connectivity index (χ0n) is 13.7. The molecule has 1 aromatic carbocycles. The van der Waals surface area contributed by atoms with Crippen LogP contribution in [-0.4, -0.2) is 66.9 Å². The van der Waals surface area contributed by atoms with E-state index in [2.05, 4.69) is 0 Å². The van der Waals surface area contributed by atoms with Crippen LogP contribution >= 0.6 is 11.8 Å². The number of carbonyl (C=O) groups excluding carboxylic acids is 3. The largest absolute Gasteiger partial charge is 0.379 e. The highest BCUT2D eigenvalue weighted by Gasteiger charge is 2.43. The summed E-state index contributed by atoms with van der Waals surface area (Å²) in [7, 11) is 1.67. The summed E-state index contributed by atoms with van der Waals surface area (Å²) in [6.45, 7) is 2.77. The van der Waals surface area contributed by atoms with Crippen molar-refractivity contribution in [2.24, 2.45) is 0 Å². The molecule has 0 aliphatic carbocycles. The lowest BCUT2D eigenvalue weighted by Crippen LogP contribution is -2.45. The van der Waals surface area contributed by atoms with Crippen molar-refractivity contribution in [2.75, 3.05) is 44.9 Å². The highest BCUT2D eigenvalue weighted by Crippen LogP contribution is 2.43. The van der Waals surface area contributed by atoms with Crippen LogP contribution in [0, 0.1) is 0 Å². The molecule has 0 bridgehead atoms. The number of thioether (sulfide) groups is 1. The van der Waals surface area contributed by atoms with Crippen LogP contribution in [-0.2, 0) is 14.3 Å². The Kier molecular flexibility index (Phi) is 4.10. The second-order valence-corrected chi connectivity index (χ2v) is 7.02. The summed E-state index contributed by atoms with van der Waals surface area (Å²) in [6, 6.07) is 7.30. The molecule has 7 nitrogen and oxygen atoms in total. The fourth-order valence-corrected chi connectivity index (χ4v) is 4.13. The summed E-state index contributed by atoms with van der Waals surface area (Å²) in [5.74, 6) is -0.645. The molecule has 1 aromatic rings. The monoisotopic (exact) mass is 359 g/mol. The number of morpholine rings is 1. The second kappa shape index (κ2) is 6.29. The number of carbonyl (C=O) groups is 3. The average molecular weight is 359 g/mol. The van der Waals surface area contributed by atoms with E-state index >= 15 is 0 Å². The van der Waals surface area contributed by atoms with E-state index in [-0.39, 0.29) is 22.7 Å². The maximum Gasteiger partial charge on any atom is 0.294 e. The molecule has 3 aliphatic heterocycles. The predicted octanol–water partition coefficient (Wildman–Crippen LogP) is 1.36. The number of amides is 3. The summed E-state index contributed by atoms with van der Waals surface area (Å²) in [4.78, 5) is 42.8. The molecule has 3 amide bonds. The van der Waals surface area contributed by atoms with Gasteiger partial charge in [0.2, 0.25) is 0 Å². The Bertz CT molecular complexity index is 801. The van der Waals surface area contributed by atoms with Crippen LogP contribution in [0.2, 0.25) is 0 Å². The van der Waals surface area contributed by atoms with Crippen LogP contribution in [0.25, 0.3) is 5.57 Å². The third-order valence-corrected chi connectivity index (χ3v) is 5.55. The Morgan fingerprint density at radius 3 is 2.56 bits per heavy atom. The fourth-order valence-electron chi connectivity index (χ4n) is 3.20. The Balaban J connectivity index is 1.67. The van der Waals surface area contributed by atoms with E-state index in [1.807, 2.05) is 29.2 Å². The molecule has 0 atom stereocenters. The number of hydrogen-bond acceptors (Lipinski definition) is 6. The van der Waals surface area contributed by atoms with Crippen molar-refractivity contribution in [1.82, 2.24) is 9.80 Å². The third-order valence-electron chi connectivity index (χ3n) is 4.57. The minimum atomic E-state index is -0.394. The topological polar surface area (TPSA) is 70.2 Å². The lowest BCUT2D eigenvalue weighted by atomic mass is 10.1. The molecule has 3 heterocycles. The smallest absolute Gasteiger partial charge is 0.294 e. The predicted molar refractivity (Wildman–Crippen MR) is 93.9 cm³/mol. The molecule has 2 fully saturated rings. The van der Waals surface area contributed by atoms with Crippen LogP contribution < -0.4 is 4.90 Å². The van der Waals surface area contributed by atoms with Crippen LogP contribution in [0.3, 0.4) is 0 Å².